The molecule has 4 nitrogen and oxygen atoms in total. The molecule has 8 heteroatoms. The van der Waals surface area contributed by atoms with Crippen LogP contribution in [0.1, 0.15) is 12.5 Å². The van der Waals surface area contributed by atoms with E-state index in [-0.39, 0.29) is 14.9 Å². The number of halogens is 3. The lowest BCUT2D eigenvalue weighted by Gasteiger charge is -2.29. The molecule has 0 saturated carbocycles. The monoisotopic (exact) mass is 405 g/mol. The summed E-state index contributed by atoms with van der Waals surface area (Å²) in [6.07, 6.45) is 0. The van der Waals surface area contributed by atoms with E-state index in [1.54, 1.807) is 18.2 Å². The maximum atomic E-state index is 13.1. The van der Waals surface area contributed by atoms with Crippen LogP contribution in [0.3, 0.4) is 0 Å². The number of hydrogen-bond acceptors (Lipinski definition) is 3. The van der Waals surface area contributed by atoms with Gasteiger partial charge in [0.15, 0.2) is 0 Å². The smallest absolute Gasteiger partial charge is 0.266 e. The first-order chi connectivity index (χ1) is 11.1. The quantitative estimate of drug-likeness (QED) is 0.679. The highest BCUT2D eigenvalue weighted by molar-refractivity contribution is 7.93. The second kappa shape index (κ2) is 7.31. The number of rotatable bonds is 5. The van der Waals surface area contributed by atoms with Crippen molar-refractivity contribution in [3.8, 4) is 0 Å². The van der Waals surface area contributed by atoms with Gasteiger partial charge in [-0.25, -0.2) is 8.42 Å². The minimum Gasteiger partial charge on any atom is -0.279 e. The molecule has 0 aliphatic heterocycles. The summed E-state index contributed by atoms with van der Waals surface area (Å²) >= 11 is 17.5. The number of nitrogens with zero attached hydrogens (tertiary/aromatic N) is 1. The van der Waals surface area contributed by atoms with Crippen molar-refractivity contribution >= 4 is 55.8 Å². The van der Waals surface area contributed by atoms with Gasteiger partial charge in [0.25, 0.3) is 10.0 Å². The van der Waals surface area contributed by atoms with E-state index >= 15 is 0 Å². The van der Waals surface area contributed by atoms with Crippen LogP contribution >= 0.6 is 34.8 Å². The SMILES string of the molecule is Cc1cccc(N(C(C)C(=O)Cl)S(=O)(=O)c2cc(Cl)ccc2Cl)c1. The average molecular weight is 407 g/mol. The number of anilines is 1. The second-order valence-electron chi connectivity index (χ2n) is 5.19. The van der Waals surface area contributed by atoms with Gasteiger partial charge >= 0.3 is 0 Å². The van der Waals surface area contributed by atoms with Gasteiger partial charge in [0.2, 0.25) is 5.24 Å². The molecule has 0 heterocycles. The van der Waals surface area contributed by atoms with Crippen molar-refractivity contribution in [1.82, 2.24) is 0 Å². The Morgan fingerprint density at radius 3 is 2.38 bits per heavy atom. The molecule has 0 bridgehead atoms. The van der Waals surface area contributed by atoms with Crippen molar-refractivity contribution in [2.75, 3.05) is 4.31 Å². The number of hydrogen-bond donors (Lipinski definition) is 0. The highest BCUT2D eigenvalue weighted by atomic mass is 35.5. The summed E-state index contributed by atoms with van der Waals surface area (Å²) in [4.78, 5) is 11.5. The molecule has 0 spiro atoms. The van der Waals surface area contributed by atoms with Gasteiger partial charge in [0.05, 0.1) is 10.7 Å². The van der Waals surface area contributed by atoms with E-state index in [4.69, 9.17) is 34.8 Å². The zero-order chi connectivity index (χ0) is 18.1. The molecule has 0 amide bonds. The zero-order valence-electron chi connectivity index (χ0n) is 12.8. The van der Waals surface area contributed by atoms with Gasteiger partial charge in [-0.15, -0.1) is 0 Å². The molecule has 2 aromatic rings. The molecule has 0 aromatic heterocycles. The Balaban J connectivity index is 2.70. The molecule has 0 saturated heterocycles. The molecule has 2 rings (SSSR count). The first kappa shape index (κ1) is 19.1. The molecule has 0 N–H and O–H groups in total. The number of benzene rings is 2. The third-order valence-electron chi connectivity index (χ3n) is 3.37. The van der Waals surface area contributed by atoms with E-state index in [9.17, 15) is 13.2 Å². The van der Waals surface area contributed by atoms with Gasteiger partial charge in [-0.1, -0.05) is 35.3 Å². The summed E-state index contributed by atoms with van der Waals surface area (Å²) in [7, 11) is -4.16. The summed E-state index contributed by atoms with van der Waals surface area (Å²) in [6, 6.07) is 9.73. The Labute approximate surface area is 156 Å². The van der Waals surface area contributed by atoms with Gasteiger partial charge in [-0.2, -0.15) is 0 Å². The molecule has 24 heavy (non-hydrogen) atoms. The maximum absolute atomic E-state index is 13.1. The summed E-state index contributed by atoms with van der Waals surface area (Å²) < 4.78 is 27.2. The van der Waals surface area contributed by atoms with Crippen LogP contribution in [-0.2, 0) is 14.8 Å². The Morgan fingerprint density at radius 1 is 1.12 bits per heavy atom. The molecule has 0 fully saturated rings. The molecular weight excluding hydrogens is 393 g/mol. The fourth-order valence-corrected chi connectivity index (χ4v) is 4.72. The molecule has 128 valence electrons. The first-order valence-corrected chi connectivity index (χ1v) is 9.47. The summed E-state index contributed by atoms with van der Waals surface area (Å²) in [5.74, 6) is 0. The standard InChI is InChI=1S/C16H14Cl3NO3S/c1-10-4-3-5-13(8-10)20(11(2)16(19)21)24(22,23)15-9-12(17)6-7-14(15)18/h3-9,11H,1-2H3. The van der Waals surface area contributed by atoms with Crippen LogP contribution in [0.25, 0.3) is 0 Å². The van der Waals surface area contributed by atoms with Crippen LogP contribution in [0.5, 0.6) is 0 Å². The lowest BCUT2D eigenvalue weighted by molar-refractivity contribution is -0.112. The van der Waals surface area contributed by atoms with E-state index in [1.807, 2.05) is 13.0 Å². The van der Waals surface area contributed by atoms with Crippen molar-refractivity contribution in [3.63, 3.8) is 0 Å². The zero-order valence-corrected chi connectivity index (χ0v) is 15.9. The summed E-state index contributed by atoms with van der Waals surface area (Å²) in [5, 5.41) is -0.587. The van der Waals surface area contributed by atoms with Crippen molar-refractivity contribution in [2.45, 2.75) is 24.8 Å². The van der Waals surface area contributed by atoms with Crippen LogP contribution in [-0.4, -0.2) is 19.7 Å². The lowest BCUT2D eigenvalue weighted by atomic mass is 10.2. The van der Waals surface area contributed by atoms with E-state index in [0.717, 1.165) is 9.87 Å². The van der Waals surface area contributed by atoms with Crippen LogP contribution < -0.4 is 4.31 Å². The van der Waals surface area contributed by atoms with Gasteiger partial charge in [-0.05, 0) is 61.3 Å². The molecule has 1 unspecified atom stereocenters. The van der Waals surface area contributed by atoms with Crippen molar-refractivity contribution < 1.29 is 13.2 Å². The normalized spacial score (nSPS) is 12.7. The Bertz CT molecular complexity index is 884. The highest BCUT2D eigenvalue weighted by Crippen LogP contribution is 2.32. The fourth-order valence-electron chi connectivity index (χ4n) is 2.21. The Morgan fingerprint density at radius 2 is 1.79 bits per heavy atom. The number of carbonyl (C=O) groups excluding carboxylic acids is 1. The average Bonchev–Trinajstić information content (AvgIpc) is 2.49. The Hall–Kier alpha value is -1.27. The van der Waals surface area contributed by atoms with E-state index in [2.05, 4.69) is 0 Å². The fraction of sp³-hybridized carbons (Fsp3) is 0.188. The van der Waals surface area contributed by atoms with Crippen molar-refractivity contribution in [3.05, 3.63) is 58.1 Å². The molecule has 0 radical (unpaired) electrons. The van der Waals surface area contributed by atoms with E-state index < -0.39 is 21.3 Å². The summed E-state index contributed by atoms with van der Waals surface area (Å²) in [6.45, 7) is 3.22. The van der Waals surface area contributed by atoms with Gasteiger partial charge < -0.3 is 0 Å². The molecular formula is C16H14Cl3NO3S. The highest BCUT2D eigenvalue weighted by Gasteiger charge is 2.34. The van der Waals surface area contributed by atoms with Crippen molar-refractivity contribution in [2.24, 2.45) is 0 Å². The topological polar surface area (TPSA) is 54.5 Å². The number of sulfonamides is 1. The first-order valence-electron chi connectivity index (χ1n) is 6.90. The maximum Gasteiger partial charge on any atom is 0.266 e. The predicted molar refractivity (Wildman–Crippen MR) is 97.6 cm³/mol. The third kappa shape index (κ3) is 3.86. The largest absolute Gasteiger partial charge is 0.279 e. The molecule has 0 aliphatic carbocycles. The van der Waals surface area contributed by atoms with E-state index in [1.165, 1.54) is 25.1 Å². The number of carbonyl (C=O) groups is 1. The predicted octanol–water partition coefficient (Wildman–Crippen LogP) is 4.65. The molecule has 1 atom stereocenters. The van der Waals surface area contributed by atoms with Crippen LogP contribution in [0, 0.1) is 6.92 Å². The van der Waals surface area contributed by atoms with Gasteiger partial charge in [-0.3, -0.25) is 9.10 Å². The van der Waals surface area contributed by atoms with Gasteiger partial charge in [0, 0.05) is 5.02 Å². The van der Waals surface area contributed by atoms with Crippen LogP contribution in [0.4, 0.5) is 5.69 Å². The second-order valence-corrected chi connectivity index (χ2v) is 8.19. The third-order valence-corrected chi connectivity index (χ3v) is 6.30. The van der Waals surface area contributed by atoms with Crippen LogP contribution in [0.15, 0.2) is 47.4 Å². The minimum absolute atomic E-state index is 0.00581. The molecule has 0 aliphatic rings. The van der Waals surface area contributed by atoms with Crippen molar-refractivity contribution in [1.29, 1.82) is 0 Å². The van der Waals surface area contributed by atoms with E-state index in [0.29, 0.717) is 5.69 Å². The number of aryl methyl sites for hydroxylation is 1. The van der Waals surface area contributed by atoms with Crippen LogP contribution in [0.2, 0.25) is 10.0 Å². The Kier molecular flexibility index (Phi) is 5.81. The molecule has 2 aromatic carbocycles. The lowest BCUT2D eigenvalue weighted by Crippen LogP contribution is -2.42. The summed E-state index contributed by atoms with van der Waals surface area (Å²) in [5.41, 5.74) is 1.15. The minimum atomic E-state index is -4.16. The van der Waals surface area contributed by atoms with Gasteiger partial charge in [0.1, 0.15) is 10.9 Å².